The first-order valence-electron chi connectivity index (χ1n) is 3.47. The third kappa shape index (κ3) is 0.921. The molecule has 0 aliphatic rings. The first kappa shape index (κ1) is 7.36. The van der Waals surface area contributed by atoms with E-state index in [0.717, 1.165) is 22.2 Å². The number of hydrogen-bond donors (Lipinski definition) is 0. The Kier molecular flexibility index (Phi) is 1.62. The van der Waals surface area contributed by atoms with Crippen molar-refractivity contribution in [3.8, 4) is 0 Å². The van der Waals surface area contributed by atoms with Crippen LogP contribution in [0.5, 0.6) is 0 Å². The molecule has 0 aliphatic carbocycles. The Balaban J connectivity index is 2.88. The predicted molar refractivity (Wildman–Crippen MR) is 47.5 cm³/mol. The van der Waals surface area contributed by atoms with Crippen LogP contribution in [0.4, 0.5) is 0 Å². The van der Waals surface area contributed by atoms with E-state index in [1.807, 2.05) is 6.92 Å². The Hall–Kier alpha value is -1.29. The summed E-state index contributed by atoms with van der Waals surface area (Å²) in [4.78, 5) is 18.6. The fraction of sp³-hybridized carbons (Fsp3) is 0.125. The van der Waals surface area contributed by atoms with Crippen molar-refractivity contribution in [1.82, 2.24) is 9.97 Å². The van der Waals surface area contributed by atoms with Gasteiger partial charge in [-0.3, -0.25) is 4.79 Å². The summed E-state index contributed by atoms with van der Waals surface area (Å²) in [5, 5.41) is 1.80. The highest BCUT2D eigenvalue weighted by molar-refractivity contribution is 7.17. The molecule has 0 atom stereocenters. The number of carbonyl (C=O) groups excluding carboxylic acids is 1. The molecule has 4 heteroatoms. The first-order valence-corrected chi connectivity index (χ1v) is 4.35. The number of rotatable bonds is 1. The van der Waals surface area contributed by atoms with Crippen LogP contribution in [0.3, 0.4) is 0 Å². The second kappa shape index (κ2) is 2.64. The van der Waals surface area contributed by atoms with Crippen LogP contribution >= 0.6 is 11.3 Å². The lowest BCUT2D eigenvalue weighted by Crippen LogP contribution is -1.85. The molecule has 0 aliphatic heterocycles. The molecule has 0 saturated carbocycles. The van der Waals surface area contributed by atoms with E-state index in [4.69, 9.17) is 0 Å². The largest absolute Gasteiger partial charge is 0.298 e. The summed E-state index contributed by atoms with van der Waals surface area (Å²) in [6.45, 7) is 1.91. The van der Waals surface area contributed by atoms with Gasteiger partial charge in [0.05, 0.1) is 21.5 Å². The molecule has 2 aromatic heterocycles. The number of aryl methyl sites for hydroxylation is 1. The molecule has 0 bridgehead atoms. The van der Waals surface area contributed by atoms with Crippen LogP contribution in [0.25, 0.3) is 10.2 Å². The monoisotopic (exact) mass is 178 g/mol. The van der Waals surface area contributed by atoms with Crippen molar-refractivity contribution in [3.63, 3.8) is 0 Å². The quantitative estimate of drug-likeness (QED) is 0.625. The summed E-state index contributed by atoms with van der Waals surface area (Å²) in [7, 11) is 0. The Morgan fingerprint density at radius 1 is 1.50 bits per heavy atom. The van der Waals surface area contributed by atoms with Gasteiger partial charge in [0.2, 0.25) is 0 Å². The lowest BCUT2D eigenvalue weighted by Gasteiger charge is -1.91. The second-order valence-corrected chi connectivity index (χ2v) is 3.33. The molecule has 3 nitrogen and oxygen atoms in total. The molecule has 0 unspecified atom stereocenters. The van der Waals surface area contributed by atoms with Crippen molar-refractivity contribution in [2.45, 2.75) is 6.92 Å². The van der Waals surface area contributed by atoms with E-state index in [1.165, 1.54) is 17.7 Å². The Labute approximate surface area is 73.1 Å². The number of aldehydes is 1. The van der Waals surface area contributed by atoms with Crippen LogP contribution in [0, 0.1) is 6.92 Å². The minimum Gasteiger partial charge on any atom is -0.298 e. The number of fused-ring (bicyclic) bond motifs is 1. The molecule has 0 spiro atoms. The first-order chi connectivity index (χ1) is 5.83. The zero-order valence-electron chi connectivity index (χ0n) is 6.44. The van der Waals surface area contributed by atoms with Crippen molar-refractivity contribution in [3.05, 3.63) is 23.0 Å². The van der Waals surface area contributed by atoms with Crippen LogP contribution in [0.1, 0.15) is 16.1 Å². The van der Waals surface area contributed by atoms with Crippen molar-refractivity contribution in [2.75, 3.05) is 0 Å². The van der Waals surface area contributed by atoms with E-state index in [1.54, 1.807) is 5.38 Å². The van der Waals surface area contributed by atoms with Gasteiger partial charge in [0.25, 0.3) is 0 Å². The fourth-order valence-corrected chi connectivity index (χ4v) is 1.99. The fourth-order valence-electron chi connectivity index (χ4n) is 1.07. The molecule has 0 aromatic carbocycles. The molecule has 2 aromatic rings. The maximum absolute atomic E-state index is 10.5. The van der Waals surface area contributed by atoms with E-state index < -0.39 is 0 Å². The Bertz CT molecular complexity index is 436. The van der Waals surface area contributed by atoms with Gasteiger partial charge in [-0.2, -0.15) is 0 Å². The molecule has 2 rings (SSSR count). The molecule has 2 heterocycles. The second-order valence-electron chi connectivity index (χ2n) is 2.45. The highest BCUT2D eigenvalue weighted by Crippen LogP contribution is 2.23. The minimum absolute atomic E-state index is 0.653. The van der Waals surface area contributed by atoms with Gasteiger partial charge in [-0.1, -0.05) is 0 Å². The summed E-state index contributed by atoms with van der Waals surface area (Å²) >= 11 is 1.51. The highest BCUT2D eigenvalue weighted by atomic mass is 32.1. The van der Waals surface area contributed by atoms with Gasteiger partial charge in [-0.05, 0) is 6.92 Å². The molecule has 0 amide bonds. The topological polar surface area (TPSA) is 42.9 Å². The van der Waals surface area contributed by atoms with Gasteiger partial charge in [-0.15, -0.1) is 11.3 Å². The van der Waals surface area contributed by atoms with Crippen LogP contribution in [-0.4, -0.2) is 16.3 Å². The normalized spacial score (nSPS) is 10.4. The molecular formula is C8H6N2OS. The standard InChI is InChI=1S/C8H6N2OS/c1-5-8-7(10-4-9-5)6(2-11)3-12-8/h2-4H,1H3. The van der Waals surface area contributed by atoms with E-state index in [-0.39, 0.29) is 0 Å². The lowest BCUT2D eigenvalue weighted by molar-refractivity contribution is 0.112. The van der Waals surface area contributed by atoms with Gasteiger partial charge >= 0.3 is 0 Å². The summed E-state index contributed by atoms with van der Waals surface area (Å²) in [6.07, 6.45) is 2.31. The number of hydrogen-bond acceptors (Lipinski definition) is 4. The summed E-state index contributed by atoms with van der Waals surface area (Å²) in [5.74, 6) is 0. The van der Waals surface area contributed by atoms with E-state index >= 15 is 0 Å². The van der Waals surface area contributed by atoms with Crippen LogP contribution in [0.2, 0.25) is 0 Å². The predicted octanol–water partition coefficient (Wildman–Crippen LogP) is 1.81. The zero-order valence-corrected chi connectivity index (χ0v) is 7.26. The summed E-state index contributed by atoms with van der Waals surface area (Å²) < 4.78 is 1.000. The van der Waals surface area contributed by atoms with Gasteiger partial charge in [0.1, 0.15) is 6.33 Å². The summed E-state index contributed by atoms with van der Waals surface area (Å²) in [6, 6.07) is 0. The van der Waals surface area contributed by atoms with Crippen LogP contribution in [-0.2, 0) is 0 Å². The van der Waals surface area contributed by atoms with E-state index in [9.17, 15) is 4.79 Å². The van der Waals surface area contributed by atoms with Crippen LogP contribution in [0.15, 0.2) is 11.7 Å². The molecular weight excluding hydrogens is 172 g/mol. The average molecular weight is 178 g/mol. The Morgan fingerprint density at radius 2 is 2.33 bits per heavy atom. The van der Waals surface area contributed by atoms with Crippen molar-refractivity contribution >= 4 is 27.8 Å². The van der Waals surface area contributed by atoms with Crippen molar-refractivity contribution in [2.24, 2.45) is 0 Å². The number of nitrogens with zero attached hydrogens (tertiary/aromatic N) is 2. The maximum Gasteiger partial charge on any atom is 0.153 e. The number of aromatic nitrogens is 2. The third-order valence-corrected chi connectivity index (χ3v) is 2.78. The van der Waals surface area contributed by atoms with Crippen molar-refractivity contribution < 1.29 is 4.79 Å². The summed E-state index contributed by atoms with van der Waals surface area (Å²) in [5.41, 5.74) is 2.35. The zero-order chi connectivity index (χ0) is 8.55. The van der Waals surface area contributed by atoms with Gasteiger partial charge in [0, 0.05) is 5.38 Å². The highest BCUT2D eigenvalue weighted by Gasteiger charge is 2.05. The van der Waals surface area contributed by atoms with E-state index in [0.29, 0.717) is 5.56 Å². The van der Waals surface area contributed by atoms with E-state index in [2.05, 4.69) is 9.97 Å². The lowest BCUT2D eigenvalue weighted by atomic mass is 10.3. The molecule has 0 radical (unpaired) electrons. The third-order valence-electron chi connectivity index (χ3n) is 1.69. The average Bonchev–Trinajstić information content (AvgIpc) is 2.49. The van der Waals surface area contributed by atoms with Gasteiger partial charge in [-0.25, -0.2) is 9.97 Å². The van der Waals surface area contributed by atoms with Gasteiger partial charge in [0.15, 0.2) is 6.29 Å². The van der Waals surface area contributed by atoms with Crippen LogP contribution < -0.4 is 0 Å². The molecule has 0 fully saturated rings. The minimum atomic E-state index is 0.653. The maximum atomic E-state index is 10.5. The molecule has 12 heavy (non-hydrogen) atoms. The SMILES string of the molecule is Cc1ncnc2c(C=O)csc12. The Morgan fingerprint density at radius 3 is 3.08 bits per heavy atom. The molecule has 60 valence electrons. The molecule has 0 saturated heterocycles. The number of carbonyl (C=O) groups is 1. The van der Waals surface area contributed by atoms with Crippen molar-refractivity contribution in [1.29, 1.82) is 0 Å². The molecule has 0 N–H and O–H groups in total. The smallest absolute Gasteiger partial charge is 0.153 e. The number of thiophene rings is 1. The van der Waals surface area contributed by atoms with Gasteiger partial charge < -0.3 is 0 Å².